The first-order valence-electron chi connectivity index (χ1n) is 7.30. The van der Waals surface area contributed by atoms with Gasteiger partial charge in [-0.2, -0.15) is 0 Å². The molecule has 0 heterocycles. The van der Waals surface area contributed by atoms with Gasteiger partial charge in [0, 0.05) is 22.5 Å². The van der Waals surface area contributed by atoms with Gasteiger partial charge < -0.3 is 5.32 Å². The van der Waals surface area contributed by atoms with Gasteiger partial charge in [-0.1, -0.05) is 12.1 Å². The number of hydrogen-bond acceptors (Lipinski definition) is 4. The number of sulfonamides is 1. The van der Waals surface area contributed by atoms with E-state index in [1.807, 2.05) is 0 Å². The van der Waals surface area contributed by atoms with Crippen LogP contribution >= 0.6 is 0 Å². The Morgan fingerprint density at radius 3 is 2.29 bits per heavy atom. The smallest absolute Gasteiger partial charge is 0.255 e. The van der Waals surface area contributed by atoms with E-state index in [4.69, 9.17) is 0 Å². The number of nitrogens with one attached hydrogen (secondary N) is 2. The van der Waals surface area contributed by atoms with Crippen LogP contribution in [0.15, 0.2) is 48.5 Å². The first-order chi connectivity index (χ1) is 11.3. The van der Waals surface area contributed by atoms with Crippen LogP contribution in [0, 0.1) is 0 Å². The number of aldehydes is 1. The third-order valence-corrected chi connectivity index (χ3v) is 5.07. The Hall–Kier alpha value is -2.67. The van der Waals surface area contributed by atoms with E-state index in [1.54, 1.807) is 38.1 Å². The van der Waals surface area contributed by atoms with Crippen molar-refractivity contribution in [3.05, 3.63) is 59.7 Å². The van der Waals surface area contributed by atoms with E-state index in [0.29, 0.717) is 28.8 Å². The molecule has 0 aliphatic carbocycles. The Morgan fingerprint density at radius 2 is 1.71 bits per heavy atom. The summed E-state index contributed by atoms with van der Waals surface area (Å²) >= 11 is 0. The van der Waals surface area contributed by atoms with Gasteiger partial charge in [-0.05, 0) is 50.2 Å². The van der Waals surface area contributed by atoms with Crippen LogP contribution in [-0.2, 0) is 10.0 Å². The normalized spacial score (nSPS) is 11.1. The summed E-state index contributed by atoms with van der Waals surface area (Å²) < 4.78 is 26.1. The summed E-state index contributed by atoms with van der Waals surface area (Å²) in [7, 11) is -3.42. The predicted molar refractivity (Wildman–Crippen MR) is 93.9 cm³/mol. The van der Waals surface area contributed by atoms with Crippen molar-refractivity contribution in [3.8, 4) is 0 Å². The molecule has 0 spiro atoms. The second kappa shape index (κ2) is 7.27. The fourth-order valence-electron chi connectivity index (χ4n) is 1.86. The third-order valence-electron chi connectivity index (χ3n) is 3.31. The highest BCUT2D eigenvalue weighted by Gasteiger charge is 2.15. The zero-order chi connectivity index (χ0) is 17.7. The molecule has 0 saturated carbocycles. The summed E-state index contributed by atoms with van der Waals surface area (Å²) in [4.78, 5) is 22.9. The lowest BCUT2D eigenvalue weighted by molar-refractivity contribution is 0.102. The van der Waals surface area contributed by atoms with Crippen LogP contribution in [0.4, 0.5) is 11.4 Å². The van der Waals surface area contributed by atoms with Gasteiger partial charge in [-0.3, -0.25) is 14.3 Å². The molecule has 0 radical (unpaired) electrons. The molecular formula is C17H18N2O4S. The molecule has 2 aromatic carbocycles. The van der Waals surface area contributed by atoms with Gasteiger partial charge in [0.15, 0.2) is 0 Å². The summed E-state index contributed by atoms with van der Waals surface area (Å²) in [5.41, 5.74) is 1.74. The Morgan fingerprint density at radius 1 is 1.04 bits per heavy atom. The molecule has 0 aliphatic rings. The maximum absolute atomic E-state index is 12.2. The Balaban J connectivity index is 2.09. The molecule has 2 aromatic rings. The van der Waals surface area contributed by atoms with Gasteiger partial charge in [0.25, 0.3) is 5.91 Å². The molecule has 1 amide bonds. The van der Waals surface area contributed by atoms with E-state index in [9.17, 15) is 18.0 Å². The standard InChI is InChI=1S/C17H18N2O4S/c1-12(2)24(22,23)19-15-8-6-14(7-9-15)17(21)18-16-5-3-4-13(10-16)11-20/h3-12,19H,1-2H3,(H,18,21). The summed E-state index contributed by atoms with van der Waals surface area (Å²) in [5, 5.41) is 2.13. The summed E-state index contributed by atoms with van der Waals surface area (Å²) in [5.74, 6) is -0.351. The van der Waals surface area contributed by atoms with Crippen LogP contribution in [0.5, 0.6) is 0 Å². The first-order valence-corrected chi connectivity index (χ1v) is 8.85. The highest BCUT2D eigenvalue weighted by molar-refractivity contribution is 7.93. The number of amides is 1. The molecule has 0 fully saturated rings. The van der Waals surface area contributed by atoms with Gasteiger partial charge in [-0.25, -0.2) is 8.42 Å². The fraction of sp³-hybridized carbons (Fsp3) is 0.176. The van der Waals surface area contributed by atoms with Gasteiger partial charge in [-0.15, -0.1) is 0 Å². The van der Waals surface area contributed by atoms with Gasteiger partial charge in [0.2, 0.25) is 10.0 Å². The number of rotatable bonds is 6. The minimum atomic E-state index is -3.42. The predicted octanol–water partition coefficient (Wildman–Crippen LogP) is 2.90. The maximum Gasteiger partial charge on any atom is 0.255 e. The molecule has 126 valence electrons. The highest BCUT2D eigenvalue weighted by atomic mass is 32.2. The van der Waals surface area contributed by atoms with Crippen LogP contribution in [0.25, 0.3) is 0 Å². The molecule has 0 atom stereocenters. The molecule has 0 aromatic heterocycles. The van der Waals surface area contributed by atoms with Crippen molar-refractivity contribution in [2.24, 2.45) is 0 Å². The zero-order valence-corrected chi connectivity index (χ0v) is 14.1. The molecule has 24 heavy (non-hydrogen) atoms. The molecule has 0 aliphatic heterocycles. The Kier molecular flexibility index (Phi) is 5.35. The summed E-state index contributed by atoms with van der Waals surface area (Å²) in [6.07, 6.45) is 0.700. The van der Waals surface area contributed by atoms with Gasteiger partial charge in [0.05, 0.1) is 5.25 Å². The molecule has 6 nitrogen and oxygen atoms in total. The van der Waals surface area contributed by atoms with E-state index in [0.717, 1.165) is 0 Å². The van der Waals surface area contributed by atoms with E-state index in [-0.39, 0.29) is 5.91 Å². The average Bonchev–Trinajstić information content (AvgIpc) is 2.55. The monoisotopic (exact) mass is 346 g/mol. The summed E-state index contributed by atoms with van der Waals surface area (Å²) in [6.45, 7) is 3.16. The third kappa shape index (κ3) is 4.42. The fourth-order valence-corrected chi connectivity index (χ4v) is 2.57. The molecular weight excluding hydrogens is 328 g/mol. The SMILES string of the molecule is CC(C)S(=O)(=O)Nc1ccc(C(=O)Nc2cccc(C=O)c2)cc1. The largest absolute Gasteiger partial charge is 0.322 e. The van der Waals surface area contributed by atoms with Crippen molar-refractivity contribution in [2.45, 2.75) is 19.1 Å². The zero-order valence-electron chi connectivity index (χ0n) is 13.3. The molecule has 2 N–H and O–H groups in total. The van der Waals surface area contributed by atoms with Crippen LogP contribution in [0.1, 0.15) is 34.6 Å². The lowest BCUT2D eigenvalue weighted by atomic mass is 10.1. The Labute approximate surface area is 140 Å². The van der Waals surface area contributed by atoms with Gasteiger partial charge in [0.1, 0.15) is 6.29 Å². The van der Waals surface area contributed by atoms with Crippen molar-refractivity contribution in [1.82, 2.24) is 0 Å². The number of hydrogen-bond donors (Lipinski definition) is 2. The molecule has 0 saturated heterocycles. The minimum Gasteiger partial charge on any atom is -0.322 e. The number of carbonyl (C=O) groups excluding carboxylic acids is 2. The Bertz CT molecular complexity index is 843. The topological polar surface area (TPSA) is 92.3 Å². The van der Waals surface area contributed by atoms with E-state index >= 15 is 0 Å². The lowest BCUT2D eigenvalue weighted by Crippen LogP contribution is -2.22. The first kappa shape index (κ1) is 17.7. The second-order valence-electron chi connectivity index (χ2n) is 5.47. The van der Waals surface area contributed by atoms with E-state index in [1.165, 1.54) is 24.3 Å². The average molecular weight is 346 g/mol. The number of carbonyl (C=O) groups is 2. The molecule has 2 rings (SSSR count). The molecule has 0 bridgehead atoms. The van der Waals surface area contributed by atoms with Crippen LogP contribution in [-0.4, -0.2) is 25.9 Å². The molecule has 0 unspecified atom stereocenters. The minimum absolute atomic E-state index is 0.351. The molecule has 7 heteroatoms. The van der Waals surface area contributed by atoms with Crippen LogP contribution in [0.3, 0.4) is 0 Å². The lowest BCUT2D eigenvalue weighted by Gasteiger charge is -2.11. The maximum atomic E-state index is 12.2. The van der Waals surface area contributed by atoms with Crippen molar-refractivity contribution in [2.75, 3.05) is 10.0 Å². The summed E-state index contributed by atoms with van der Waals surface area (Å²) in [6, 6.07) is 12.6. The van der Waals surface area contributed by atoms with Crippen LogP contribution in [0.2, 0.25) is 0 Å². The van der Waals surface area contributed by atoms with Crippen molar-refractivity contribution < 1.29 is 18.0 Å². The van der Waals surface area contributed by atoms with Gasteiger partial charge >= 0.3 is 0 Å². The van der Waals surface area contributed by atoms with Crippen molar-refractivity contribution in [3.63, 3.8) is 0 Å². The quantitative estimate of drug-likeness (QED) is 0.787. The highest BCUT2D eigenvalue weighted by Crippen LogP contribution is 2.15. The van der Waals surface area contributed by atoms with Crippen molar-refractivity contribution in [1.29, 1.82) is 0 Å². The number of anilines is 2. The second-order valence-corrected chi connectivity index (χ2v) is 7.71. The van der Waals surface area contributed by atoms with Crippen molar-refractivity contribution >= 4 is 33.6 Å². The number of benzene rings is 2. The van der Waals surface area contributed by atoms with Crippen LogP contribution < -0.4 is 10.0 Å². The van der Waals surface area contributed by atoms with E-state index < -0.39 is 15.3 Å². The van der Waals surface area contributed by atoms with E-state index in [2.05, 4.69) is 10.0 Å².